The lowest BCUT2D eigenvalue weighted by Crippen LogP contribution is -2.20. The topological polar surface area (TPSA) is 49.3 Å². The van der Waals surface area contributed by atoms with Crippen LogP contribution in [0.4, 0.5) is 0 Å². The summed E-state index contributed by atoms with van der Waals surface area (Å²) < 4.78 is 0. The van der Waals surface area contributed by atoms with Crippen molar-refractivity contribution < 1.29 is 9.90 Å². The lowest BCUT2D eigenvalue weighted by molar-refractivity contribution is -0.119. The van der Waals surface area contributed by atoms with Crippen molar-refractivity contribution in [2.24, 2.45) is 0 Å². The van der Waals surface area contributed by atoms with E-state index in [0.717, 1.165) is 0 Å². The van der Waals surface area contributed by atoms with Crippen LogP contribution in [-0.2, 0) is 4.79 Å². The number of amides is 1. The van der Waals surface area contributed by atoms with Crippen molar-refractivity contribution in [3.8, 4) is 0 Å². The second-order valence-electron chi connectivity index (χ2n) is 1.96. The molecule has 3 nitrogen and oxygen atoms in total. The zero-order chi connectivity index (χ0) is 7.28. The Balaban J connectivity index is 3.17. The van der Waals surface area contributed by atoms with Crippen molar-refractivity contribution in [3.05, 3.63) is 0 Å². The zero-order valence-electron chi connectivity index (χ0n) is 5.42. The highest BCUT2D eigenvalue weighted by Crippen LogP contribution is 1.93. The Bertz CT molecular complexity index is 95.0. The number of carbonyl (C=O) groups is 1. The van der Waals surface area contributed by atoms with Gasteiger partial charge < -0.3 is 10.3 Å². The van der Waals surface area contributed by atoms with Crippen molar-refractivity contribution in [2.75, 3.05) is 0 Å². The Hall–Kier alpha value is -0.505. The summed E-state index contributed by atoms with van der Waals surface area (Å²) in [6.45, 7) is 1.63. The maximum atomic E-state index is 10.4. The van der Waals surface area contributed by atoms with E-state index in [2.05, 4.69) is 0 Å². The van der Waals surface area contributed by atoms with Crippen LogP contribution in [0.2, 0.25) is 0 Å². The molecule has 0 rings (SSSR count). The van der Waals surface area contributed by atoms with Gasteiger partial charge in [-0.15, -0.1) is 0 Å². The van der Waals surface area contributed by atoms with Crippen molar-refractivity contribution in [1.82, 2.24) is 5.23 Å². The third-order valence-electron chi connectivity index (χ3n) is 0.950. The van der Waals surface area contributed by atoms with Crippen molar-refractivity contribution in [3.63, 3.8) is 0 Å². The average Bonchev–Trinajstić information content (AvgIpc) is 1.83. The van der Waals surface area contributed by atoms with Crippen LogP contribution in [0.15, 0.2) is 0 Å². The van der Waals surface area contributed by atoms with E-state index in [0.29, 0.717) is 6.42 Å². The molecule has 0 saturated heterocycles. The number of aliphatic hydroxyl groups excluding tert-OH is 1. The van der Waals surface area contributed by atoms with Gasteiger partial charge in [0, 0.05) is 6.42 Å². The largest absolute Gasteiger partial charge is 0.409 e. The summed E-state index contributed by atoms with van der Waals surface area (Å²) in [7, 11) is 4.78. The van der Waals surface area contributed by atoms with Crippen molar-refractivity contribution >= 4 is 13.9 Å². The van der Waals surface area contributed by atoms with Crippen LogP contribution < -0.4 is 5.23 Å². The molecule has 0 bridgehead atoms. The predicted molar refractivity (Wildman–Crippen MR) is 34.8 cm³/mol. The Kier molecular flexibility index (Phi) is 4.14. The fraction of sp³-hybridized carbons (Fsp3) is 0.800. The maximum Gasteiger partial charge on any atom is 0.226 e. The van der Waals surface area contributed by atoms with Crippen LogP contribution in [0.1, 0.15) is 19.8 Å². The van der Waals surface area contributed by atoms with Gasteiger partial charge in [0.1, 0.15) is 0 Å². The first-order valence-corrected chi connectivity index (χ1v) is 2.84. The third-order valence-corrected chi connectivity index (χ3v) is 0.950. The summed E-state index contributed by atoms with van der Waals surface area (Å²) in [6.07, 6.45) is 0.319. The highest BCUT2D eigenvalue weighted by molar-refractivity contribution is 6.14. The summed E-state index contributed by atoms with van der Waals surface area (Å²) in [5.74, 6) is -0.240. The fourth-order valence-electron chi connectivity index (χ4n) is 0.412. The summed E-state index contributed by atoms with van der Waals surface area (Å²) in [6, 6.07) is 0. The molecule has 0 aromatic heterocycles. The smallest absolute Gasteiger partial charge is 0.226 e. The number of carbonyl (C=O) groups excluding carboxylic acids is 1. The first kappa shape index (κ1) is 8.49. The molecule has 1 amide bonds. The molecule has 2 radical (unpaired) electrons. The first-order valence-electron chi connectivity index (χ1n) is 2.84. The zero-order valence-corrected chi connectivity index (χ0v) is 5.42. The minimum Gasteiger partial charge on any atom is -0.409 e. The van der Waals surface area contributed by atoms with Gasteiger partial charge in [-0.2, -0.15) is 0 Å². The van der Waals surface area contributed by atoms with E-state index in [1.807, 2.05) is 5.23 Å². The molecule has 0 aliphatic heterocycles. The second kappa shape index (κ2) is 4.38. The van der Waals surface area contributed by atoms with Crippen LogP contribution in [-0.4, -0.2) is 25.1 Å². The number of hydrogen-bond donors (Lipinski definition) is 2. The summed E-state index contributed by atoms with van der Waals surface area (Å²) in [5.41, 5.74) is 0. The number of aliphatic hydroxyl groups is 1. The van der Waals surface area contributed by atoms with E-state index >= 15 is 0 Å². The van der Waals surface area contributed by atoms with E-state index in [4.69, 9.17) is 13.1 Å². The van der Waals surface area contributed by atoms with Crippen LogP contribution in [0, 0.1) is 0 Å². The van der Waals surface area contributed by atoms with Crippen LogP contribution in [0.5, 0.6) is 0 Å². The van der Waals surface area contributed by atoms with Gasteiger partial charge in [0.05, 0.1) is 6.10 Å². The molecule has 1 unspecified atom stereocenters. The van der Waals surface area contributed by atoms with Gasteiger partial charge in [0.15, 0.2) is 0 Å². The molecular formula is C5H10BNO2. The van der Waals surface area contributed by atoms with Crippen LogP contribution in [0.25, 0.3) is 0 Å². The Morgan fingerprint density at radius 3 is 2.78 bits per heavy atom. The monoisotopic (exact) mass is 127 g/mol. The van der Waals surface area contributed by atoms with Gasteiger partial charge in [-0.05, 0) is 13.3 Å². The molecule has 0 spiro atoms. The molecule has 0 fully saturated rings. The Labute approximate surface area is 55.9 Å². The molecule has 1 atom stereocenters. The van der Waals surface area contributed by atoms with Gasteiger partial charge in [-0.25, -0.2) is 0 Å². The summed E-state index contributed by atoms with van der Waals surface area (Å²) in [4.78, 5) is 10.4. The first-order chi connectivity index (χ1) is 4.16. The molecule has 0 aromatic carbocycles. The van der Waals surface area contributed by atoms with Crippen LogP contribution in [0.3, 0.4) is 0 Å². The average molecular weight is 127 g/mol. The standard InChI is InChI=1S/C5H10BNO2/c1-4(8)2-3-5(9)7-6/h4,8H,2-3H2,1H3,(H,7,9). The Morgan fingerprint density at radius 1 is 1.89 bits per heavy atom. The lowest BCUT2D eigenvalue weighted by Gasteiger charge is -2.01. The van der Waals surface area contributed by atoms with Gasteiger partial charge in [0.2, 0.25) is 13.9 Å². The highest BCUT2D eigenvalue weighted by Gasteiger charge is 1.99. The number of hydrogen-bond acceptors (Lipinski definition) is 2. The molecule has 4 heteroatoms. The molecule has 0 aliphatic rings. The SMILES string of the molecule is [B]NC(=O)CCC(C)O. The maximum absolute atomic E-state index is 10.4. The minimum absolute atomic E-state index is 0.240. The van der Waals surface area contributed by atoms with E-state index in [9.17, 15) is 4.79 Å². The van der Waals surface area contributed by atoms with Crippen LogP contribution >= 0.6 is 0 Å². The molecule has 9 heavy (non-hydrogen) atoms. The fourth-order valence-corrected chi connectivity index (χ4v) is 0.412. The number of rotatable bonds is 3. The molecule has 0 saturated carbocycles. The molecule has 0 aliphatic carbocycles. The van der Waals surface area contributed by atoms with E-state index in [1.165, 1.54) is 0 Å². The number of nitrogens with one attached hydrogen (secondary N) is 1. The van der Waals surface area contributed by atoms with E-state index in [1.54, 1.807) is 6.92 Å². The van der Waals surface area contributed by atoms with E-state index in [-0.39, 0.29) is 12.3 Å². The molecule has 2 N–H and O–H groups in total. The van der Waals surface area contributed by atoms with E-state index < -0.39 is 6.10 Å². The van der Waals surface area contributed by atoms with Gasteiger partial charge >= 0.3 is 0 Å². The predicted octanol–water partition coefficient (Wildman–Crippen LogP) is -0.653. The van der Waals surface area contributed by atoms with Gasteiger partial charge in [-0.3, -0.25) is 4.79 Å². The van der Waals surface area contributed by atoms with Gasteiger partial charge in [-0.1, -0.05) is 0 Å². The molecule has 0 heterocycles. The summed E-state index contributed by atoms with van der Waals surface area (Å²) >= 11 is 0. The van der Waals surface area contributed by atoms with Gasteiger partial charge in [0.25, 0.3) is 0 Å². The Morgan fingerprint density at radius 2 is 2.44 bits per heavy atom. The molecule has 50 valence electrons. The third kappa shape index (κ3) is 5.36. The molecular weight excluding hydrogens is 117 g/mol. The quantitative estimate of drug-likeness (QED) is 0.494. The normalized spacial score (nSPS) is 12.7. The van der Waals surface area contributed by atoms with Crippen molar-refractivity contribution in [2.45, 2.75) is 25.9 Å². The second-order valence-corrected chi connectivity index (χ2v) is 1.96. The highest BCUT2D eigenvalue weighted by atomic mass is 16.3. The van der Waals surface area contributed by atoms with Crippen molar-refractivity contribution in [1.29, 1.82) is 0 Å². The minimum atomic E-state index is -0.428. The molecule has 0 aromatic rings. The summed E-state index contributed by atoms with van der Waals surface area (Å²) in [5, 5.41) is 10.6. The lowest BCUT2D eigenvalue weighted by atomic mass is 10.2.